The van der Waals surface area contributed by atoms with Gasteiger partial charge in [0.2, 0.25) is 0 Å². The summed E-state index contributed by atoms with van der Waals surface area (Å²) in [6.07, 6.45) is 0. The Morgan fingerprint density at radius 3 is 2.71 bits per heavy atom. The Morgan fingerprint density at radius 2 is 2.07 bits per heavy atom. The van der Waals surface area contributed by atoms with Gasteiger partial charge >= 0.3 is 0 Å². The Labute approximate surface area is 95.5 Å². The van der Waals surface area contributed by atoms with Crippen molar-refractivity contribution in [3.8, 4) is 16.2 Å². The highest BCUT2D eigenvalue weighted by molar-refractivity contribution is 9.11. The summed E-state index contributed by atoms with van der Waals surface area (Å²) < 4.78 is 6.32. The largest absolute Gasteiger partial charge is 0.497 e. The number of hydrogen-bond acceptors (Lipinski definition) is 2. The Hall–Kier alpha value is -0.800. The highest BCUT2D eigenvalue weighted by atomic mass is 79.9. The standard InChI is InChI=1S/C11H9BrOS/c1-13-9-4-2-3-8(7-9)10-5-6-11(12)14-10/h2-7H,1H3. The van der Waals surface area contributed by atoms with E-state index in [1.54, 1.807) is 18.4 Å². The predicted octanol–water partition coefficient (Wildman–Crippen LogP) is 4.19. The zero-order valence-electron chi connectivity index (χ0n) is 7.66. The van der Waals surface area contributed by atoms with Crippen LogP contribution in [0.15, 0.2) is 40.2 Å². The lowest BCUT2D eigenvalue weighted by Gasteiger charge is -2.01. The van der Waals surface area contributed by atoms with E-state index in [2.05, 4.69) is 34.1 Å². The van der Waals surface area contributed by atoms with E-state index in [9.17, 15) is 0 Å². The topological polar surface area (TPSA) is 9.23 Å². The molecule has 0 atom stereocenters. The van der Waals surface area contributed by atoms with Gasteiger partial charge in [-0.3, -0.25) is 0 Å². The molecule has 1 nitrogen and oxygen atoms in total. The fourth-order valence-electron chi connectivity index (χ4n) is 1.25. The zero-order chi connectivity index (χ0) is 9.97. The van der Waals surface area contributed by atoms with E-state index in [0.717, 1.165) is 9.54 Å². The molecule has 0 aliphatic carbocycles. The molecule has 0 spiro atoms. The first-order valence-corrected chi connectivity index (χ1v) is 5.80. The third kappa shape index (κ3) is 1.99. The van der Waals surface area contributed by atoms with Gasteiger partial charge < -0.3 is 4.74 Å². The third-order valence-electron chi connectivity index (χ3n) is 1.93. The number of ether oxygens (including phenoxy) is 1. The van der Waals surface area contributed by atoms with E-state index < -0.39 is 0 Å². The Bertz CT molecular complexity index is 436. The van der Waals surface area contributed by atoms with Crippen molar-refractivity contribution in [2.24, 2.45) is 0 Å². The summed E-state index contributed by atoms with van der Waals surface area (Å²) in [7, 11) is 1.68. The second-order valence-electron chi connectivity index (χ2n) is 2.84. The molecule has 14 heavy (non-hydrogen) atoms. The van der Waals surface area contributed by atoms with E-state index in [-0.39, 0.29) is 0 Å². The molecular weight excluding hydrogens is 260 g/mol. The van der Waals surface area contributed by atoms with Crippen LogP contribution in [0.4, 0.5) is 0 Å². The molecule has 3 heteroatoms. The van der Waals surface area contributed by atoms with E-state index in [1.807, 2.05) is 18.2 Å². The van der Waals surface area contributed by atoms with Crippen LogP contribution in [0.2, 0.25) is 0 Å². The summed E-state index contributed by atoms with van der Waals surface area (Å²) in [5, 5.41) is 0. The second kappa shape index (κ2) is 4.15. The smallest absolute Gasteiger partial charge is 0.119 e. The molecule has 1 aromatic heterocycles. The fourth-order valence-corrected chi connectivity index (χ4v) is 2.63. The van der Waals surface area contributed by atoms with Gasteiger partial charge in [0, 0.05) is 4.88 Å². The minimum Gasteiger partial charge on any atom is -0.497 e. The van der Waals surface area contributed by atoms with Crippen LogP contribution in [-0.2, 0) is 0 Å². The summed E-state index contributed by atoms with van der Waals surface area (Å²) in [6, 6.07) is 12.2. The van der Waals surface area contributed by atoms with Gasteiger partial charge in [-0.1, -0.05) is 12.1 Å². The average molecular weight is 269 g/mol. The van der Waals surface area contributed by atoms with Crippen molar-refractivity contribution >= 4 is 27.3 Å². The number of rotatable bonds is 2. The molecule has 0 saturated heterocycles. The van der Waals surface area contributed by atoms with E-state index in [0.29, 0.717) is 0 Å². The first-order valence-electron chi connectivity index (χ1n) is 4.19. The van der Waals surface area contributed by atoms with E-state index in [1.165, 1.54) is 10.4 Å². The minimum absolute atomic E-state index is 0.895. The highest BCUT2D eigenvalue weighted by Crippen LogP contribution is 2.32. The quantitative estimate of drug-likeness (QED) is 0.794. The molecule has 1 aromatic carbocycles. The minimum atomic E-state index is 0.895. The molecule has 72 valence electrons. The maximum atomic E-state index is 5.18. The molecule has 1 heterocycles. The van der Waals surface area contributed by atoms with Crippen molar-refractivity contribution in [1.29, 1.82) is 0 Å². The van der Waals surface area contributed by atoms with Gasteiger partial charge in [-0.15, -0.1) is 11.3 Å². The number of hydrogen-bond donors (Lipinski definition) is 0. The summed E-state index contributed by atoms with van der Waals surface area (Å²) >= 11 is 5.17. The Kier molecular flexibility index (Phi) is 2.89. The molecule has 2 aromatic rings. The molecule has 0 bridgehead atoms. The summed E-state index contributed by atoms with van der Waals surface area (Å²) in [4.78, 5) is 1.25. The molecule has 0 amide bonds. The van der Waals surface area contributed by atoms with Crippen molar-refractivity contribution in [3.05, 3.63) is 40.2 Å². The van der Waals surface area contributed by atoms with Gasteiger partial charge in [-0.2, -0.15) is 0 Å². The molecule has 0 N–H and O–H groups in total. The SMILES string of the molecule is COc1cccc(-c2ccc(Br)s2)c1. The Balaban J connectivity index is 2.41. The van der Waals surface area contributed by atoms with Gasteiger partial charge in [0.05, 0.1) is 10.9 Å². The molecule has 0 aliphatic rings. The normalized spacial score (nSPS) is 10.1. The van der Waals surface area contributed by atoms with Crippen LogP contribution in [0.5, 0.6) is 5.75 Å². The van der Waals surface area contributed by atoms with Crippen molar-refractivity contribution in [2.45, 2.75) is 0 Å². The summed E-state index contributed by atoms with van der Waals surface area (Å²) in [6.45, 7) is 0. The van der Waals surface area contributed by atoms with Gasteiger partial charge in [0.15, 0.2) is 0 Å². The van der Waals surface area contributed by atoms with Crippen LogP contribution < -0.4 is 4.74 Å². The number of thiophene rings is 1. The van der Waals surface area contributed by atoms with Crippen molar-refractivity contribution < 1.29 is 4.74 Å². The third-order valence-corrected chi connectivity index (χ3v) is 3.60. The zero-order valence-corrected chi connectivity index (χ0v) is 10.1. The molecule has 0 aliphatic heterocycles. The molecule has 0 fully saturated rings. The second-order valence-corrected chi connectivity index (χ2v) is 5.30. The summed E-state index contributed by atoms with van der Waals surface area (Å²) in [5.74, 6) is 0.895. The van der Waals surface area contributed by atoms with Crippen molar-refractivity contribution in [2.75, 3.05) is 7.11 Å². The van der Waals surface area contributed by atoms with Crippen molar-refractivity contribution in [1.82, 2.24) is 0 Å². The number of methoxy groups -OCH3 is 1. The molecular formula is C11H9BrOS. The lowest BCUT2D eigenvalue weighted by Crippen LogP contribution is -1.81. The first-order chi connectivity index (χ1) is 6.79. The highest BCUT2D eigenvalue weighted by Gasteiger charge is 2.01. The number of benzene rings is 1. The molecule has 0 unspecified atom stereocenters. The monoisotopic (exact) mass is 268 g/mol. The summed E-state index contributed by atoms with van der Waals surface area (Å²) in [5.41, 5.74) is 1.19. The lowest BCUT2D eigenvalue weighted by atomic mass is 10.2. The van der Waals surface area contributed by atoms with Gasteiger partial charge in [0.1, 0.15) is 5.75 Å². The van der Waals surface area contributed by atoms with Gasteiger partial charge in [0.25, 0.3) is 0 Å². The lowest BCUT2D eigenvalue weighted by molar-refractivity contribution is 0.415. The maximum Gasteiger partial charge on any atom is 0.119 e. The van der Waals surface area contributed by atoms with Crippen LogP contribution in [0.25, 0.3) is 10.4 Å². The Morgan fingerprint density at radius 1 is 1.21 bits per heavy atom. The van der Waals surface area contributed by atoms with Crippen LogP contribution in [0.1, 0.15) is 0 Å². The first kappa shape index (κ1) is 9.74. The number of halogens is 1. The van der Waals surface area contributed by atoms with Crippen LogP contribution in [0, 0.1) is 0 Å². The predicted molar refractivity (Wildman–Crippen MR) is 64.0 cm³/mol. The molecule has 0 saturated carbocycles. The van der Waals surface area contributed by atoms with E-state index in [4.69, 9.17) is 4.74 Å². The molecule has 0 radical (unpaired) electrons. The maximum absolute atomic E-state index is 5.18. The van der Waals surface area contributed by atoms with E-state index >= 15 is 0 Å². The molecule has 2 rings (SSSR count). The average Bonchev–Trinajstić information content (AvgIpc) is 2.65. The van der Waals surface area contributed by atoms with Crippen molar-refractivity contribution in [3.63, 3.8) is 0 Å². The van der Waals surface area contributed by atoms with Crippen LogP contribution >= 0.6 is 27.3 Å². The van der Waals surface area contributed by atoms with Gasteiger partial charge in [-0.25, -0.2) is 0 Å². The van der Waals surface area contributed by atoms with Crippen LogP contribution in [0.3, 0.4) is 0 Å². The fraction of sp³-hybridized carbons (Fsp3) is 0.0909. The van der Waals surface area contributed by atoms with Gasteiger partial charge in [-0.05, 0) is 45.8 Å². The van der Waals surface area contributed by atoms with Crippen LogP contribution in [-0.4, -0.2) is 7.11 Å².